The van der Waals surface area contributed by atoms with Crippen molar-refractivity contribution >= 4 is 29.0 Å². The lowest BCUT2D eigenvalue weighted by atomic mass is 10.0. The van der Waals surface area contributed by atoms with Crippen LogP contribution < -0.4 is 0 Å². The van der Waals surface area contributed by atoms with Crippen LogP contribution in [0.25, 0.3) is 11.3 Å². The van der Waals surface area contributed by atoms with E-state index in [2.05, 4.69) is 5.16 Å². The summed E-state index contributed by atoms with van der Waals surface area (Å²) < 4.78 is 5.03. The lowest BCUT2D eigenvalue weighted by Gasteiger charge is -2.02. The number of nitrogens with zero attached hydrogens (tertiary/aromatic N) is 1. The van der Waals surface area contributed by atoms with Crippen molar-refractivity contribution in [2.45, 2.75) is 13.8 Å². The minimum absolute atomic E-state index is 0.107. The molecule has 0 aliphatic heterocycles. The number of hydrogen-bond acceptors (Lipinski definition) is 3. The van der Waals surface area contributed by atoms with Gasteiger partial charge in [0.2, 0.25) is 0 Å². The first-order valence-corrected chi connectivity index (χ1v) is 5.69. The summed E-state index contributed by atoms with van der Waals surface area (Å²) in [6.45, 7) is 3.16. The largest absolute Gasteiger partial charge is 0.360 e. The van der Waals surface area contributed by atoms with Gasteiger partial charge in [-0.05, 0) is 32.0 Å². The number of ketones is 1. The number of aromatic nitrogens is 1. The van der Waals surface area contributed by atoms with Gasteiger partial charge in [-0.2, -0.15) is 0 Å². The average molecular weight is 270 g/mol. The van der Waals surface area contributed by atoms with Crippen LogP contribution in [0.15, 0.2) is 22.7 Å². The first kappa shape index (κ1) is 12.1. The van der Waals surface area contributed by atoms with E-state index in [-0.39, 0.29) is 5.78 Å². The quantitative estimate of drug-likeness (QED) is 0.769. The Kier molecular flexibility index (Phi) is 3.22. The van der Waals surface area contributed by atoms with Crippen LogP contribution in [-0.4, -0.2) is 10.9 Å². The molecule has 0 amide bonds. The standard InChI is InChI=1S/C12H9Cl2NO2/c1-6(16)11-7(2)17-15-12(11)9-4-3-8(13)5-10(9)14/h3-5H,1-2H3. The second-order valence-corrected chi connectivity index (χ2v) is 4.49. The monoisotopic (exact) mass is 269 g/mol. The Hall–Kier alpha value is -1.32. The van der Waals surface area contributed by atoms with Crippen molar-refractivity contribution in [2.24, 2.45) is 0 Å². The van der Waals surface area contributed by atoms with Crippen molar-refractivity contribution in [3.8, 4) is 11.3 Å². The second-order valence-electron chi connectivity index (χ2n) is 3.64. The van der Waals surface area contributed by atoms with Gasteiger partial charge < -0.3 is 4.52 Å². The lowest BCUT2D eigenvalue weighted by molar-refractivity contribution is 0.101. The van der Waals surface area contributed by atoms with E-state index in [0.717, 1.165) is 0 Å². The number of aryl methyl sites for hydroxylation is 1. The normalized spacial score (nSPS) is 10.6. The zero-order valence-electron chi connectivity index (χ0n) is 9.25. The van der Waals surface area contributed by atoms with Gasteiger partial charge in [-0.3, -0.25) is 4.79 Å². The number of carbonyl (C=O) groups is 1. The number of Topliss-reactive ketones (excluding diaryl/α,β-unsaturated/α-hetero) is 1. The molecule has 0 bridgehead atoms. The maximum Gasteiger partial charge on any atom is 0.165 e. The molecule has 0 fully saturated rings. The summed E-state index contributed by atoms with van der Waals surface area (Å²) in [5.74, 6) is 0.378. The molecule has 1 aromatic carbocycles. The lowest BCUT2D eigenvalue weighted by Crippen LogP contribution is -1.96. The van der Waals surface area contributed by atoms with Crippen molar-refractivity contribution in [3.05, 3.63) is 39.6 Å². The van der Waals surface area contributed by atoms with Crippen LogP contribution in [0.3, 0.4) is 0 Å². The third-order valence-corrected chi connectivity index (χ3v) is 2.95. The summed E-state index contributed by atoms with van der Waals surface area (Å²) in [5.41, 5.74) is 1.55. The summed E-state index contributed by atoms with van der Waals surface area (Å²) in [7, 11) is 0. The van der Waals surface area contributed by atoms with Gasteiger partial charge in [-0.1, -0.05) is 28.4 Å². The molecule has 0 spiro atoms. The van der Waals surface area contributed by atoms with Gasteiger partial charge in [-0.15, -0.1) is 0 Å². The number of rotatable bonds is 2. The number of benzene rings is 1. The predicted molar refractivity (Wildman–Crippen MR) is 66.7 cm³/mol. The summed E-state index contributed by atoms with van der Waals surface area (Å²) in [4.78, 5) is 11.5. The van der Waals surface area contributed by atoms with Crippen molar-refractivity contribution in [3.63, 3.8) is 0 Å². The number of hydrogen-bond donors (Lipinski definition) is 0. The Balaban J connectivity index is 2.65. The molecule has 2 aromatic rings. The molecule has 1 heterocycles. The minimum Gasteiger partial charge on any atom is -0.360 e. The molecule has 1 aromatic heterocycles. The topological polar surface area (TPSA) is 43.1 Å². The molecule has 0 saturated heterocycles. The fourth-order valence-corrected chi connectivity index (χ4v) is 2.15. The molecule has 3 nitrogen and oxygen atoms in total. The fraction of sp³-hybridized carbons (Fsp3) is 0.167. The first-order valence-electron chi connectivity index (χ1n) is 4.93. The third kappa shape index (κ3) is 2.21. The molecule has 0 saturated carbocycles. The predicted octanol–water partition coefficient (Wildman–Crippen LogP) is 4.16. The van der Waals surface area contributed by atoms with E-state index in [1.165, 1.54) is 6.92 Å². The van der Waals surface area contributed by atoms with Crippen LogP contribution in [0.5, 0.6) is 0 Å². The zero-order valence-corrected chi connectivity index (χ0v) is 10.8. The highest BCUT2D eigenvalue weighted by molar-refractivity contribution is 6.36. The SMILES string of the molecule is CC(=O)c1c(-c2ccc(Cl)cc2Cl)noc1C. The van der Waals surface area contributed by atoms with Crippen LogP contribution in [0.2, 0.25) is 10.0 Å². The van der Waals surface area contributed by atoms with Crippen LogP contribution in [0.1, 0.15) is 23.0 Å². The van der Waals surface area contributed by atoms with Crippen molar-refractivity contribution in [2.75, 3.05) is 0 Å². The summed E-state index contributed by atoms with van der Waals surface area (Å²) in [6, 6.07) is 5.01. The molecule has 2 rings (SSSR count). The van der Waals surface area contributed by atoms with Gasteiger partial charge >= 0.3 is 0 Å². The highest BCUT2D eigenvalue weighted by Gasteiger charge is 2.20. The van der Waals surface area contributed by atoms with E-state index >= 15 is 0 Å². The van der Waals surface area contributed by atoms with Crippen molar-refractivity contribution in [1.29, 1.82) is 0 Å². The van der Waals surface area contributed by atoms with Crippen LogP contribution in [0.4, 0.5) is 0 Å². The number of carbonyl (C=O) groups excluding carboxylic acids is 1. The van der Waals surface area contributed by atoms with E-state index in [9.17, 15) is 4.79 Å². The summed E-state index contributed by atoms with van der Waals surface area (Å²) >= 11 is 11.9. The Bertz CT molecular complexity index is 590. The molecule has 0 N–H and O–H groups in total. The smallest absolute Gasteiger partial charge is 0.165 e. The molecule has 17 heavy (non-hydrogen) atoms. The molecular weight excluding hydrogens is 261 g/mol. The second kappa shape index (κ2) is 4.51. The van der Waals surface area contributed by atoms with Crippen LogP contribution in [0, 0.1) is 6.92 Å². The van der Waals surface area contributed by atoms with E-state index in [0.29, 0.717) is 32.6 Å². The van der Waals surface area contributed by atoms with E-state index < -0.39 is 0 Å². The highest BCUT2D eigenvalue weighted by atomic mass is 35.5. The molecule has 0 aliphatic carbocycles. The Morgan fingerprint density at radius 1 is 1.35 bits per heavy atom. The Morgan fingerprint density at radius 2 is 2.06 bits per heavy atom. The van der Waals surface area contributed by atoms with Gasteiger partial charge in [0.05, 0.1) is 10.6 Å². The van der Waals surface area contributed by atoms with Crippen LogP contribution >= 0.6 is 23.2 Å². The molecule has 88 valence electrons. The minimum atomic E-state index is -0.107. The van der Waals surface area contributed by atoms with Crippen LogP contribution in [-0.2, 0) is 0 Å². The van der Waals surface area contributed by atoms with Gasteiger partial charge in [-0.25, -0.2) is 0 Å². The van der Waals surface area contributed by atoms with E-state index in [4.69, 9.17) is 27.7 Å². The van der Waals surface area contributed by atoms with Crippen molar-refractivity contribution < 1.29 is 9.32 Å². The summed E-state index contributed by atoms with van der Waals surface area (Å²) in [5, 5.41) is 4.84. The van der Waals surface area contributed by atoms with Gasteiger partial charge in [0.15, 0.2) is 5.78 Å². The first-order chi connectivity index (χ1) is 8.00. The third-order valence-electron chi connectivity index (χ3n) is 2.40. The number of halogens is 2. The maximum atomic E-state index is 11.5. The molecular formula is C12H9Cl2NO2. The molecule has 5 heteroatoms. The average Bonchev–Trinajstić information content (AvgIpc) is 2.60. The maximum absolute atomic E-state index is 11.5. The van der Waals surface area contributed by atoms with E-state index in [1.807, 2.05) is 0 Å². The Morgan fingerprint density at radius 3 is 2.65 bits per heavy atom. The van der Waals surface area contributed by atoms with Gasteiger partial charge in [0.1, 0.15) is 11.5 Å². The van der Waals surface area contributed by atoms with Crippen molar-refractivity contribution in [1.82, 2.24) is 5.16 Å². The highest BCUT2D eigenvalue weighted by Crippen LogP contribution is 2.33. The summed E-state index contributed by atoms with van der Waals surface area (Å²) in [6.07, 6.45) is 0. The molecule has 0 radical (unpaired) electrons. The zero-order chi connectivity index (χ0) is 12.6. The molecule has 0 aliphatic rings. The van der Waals surface area contributed by atoms with Gasteiger partial charge in [0.25, 0.3) is 0 Å². The van der Waals surface area contributed by atoms with E-state index in [1.54, 1.807) is 25.1 Å². The fourth-order valence-electron chi connectivity index (χ4n) is 1.65. The van der Waals surface area contributed by atoms with Gasteiger partial charge in [0, 0.05) is 10.6 Å². The molecule has 0 atom stereocenters. The molecule has 0 unspecified atom stereocenters. The Labute approximate surface area is 108 Å².